The second kappa shape index (κ2) is 5.85. The van der Waals surface area contributed by atoms with Gasteiger partial charge in [0.05, 0.1) is 13.1 Å². The van der Waals surface area contributed by atoms with E-state index in [9.17, 15) is 4.79 Å². The van der Waals surface area contributed by atoms with Crippen LogP contribution < -0.4 is 5.32 Å². The third-order valence-corrected chi connectivity index (χ3v) is 3.85. The highest BCUT2D eigenvalue weighted by molar-refractivity contribution is 7.10. The summed E-state index contributed by atoms with van der Waals surface area (Å²) in [7, 11) is 0. The molecule has 0 aromatic carbocycles. The summed E-state index contributed by atoms with van der Waals surface area (Å²) in [6.45, 7) is 4.37. The highest BCUT2D eigenvalue weighted by Gasteiger charge is 2.20. The summed E-state index contributed by atoms with van der Waals surface area (Å²) in [5.41, 5.74) is 1.31. The predicted molar refractivity (Wildman–Crippen MR) is 69.8 cm³/mol. The Kier molecular flexibility index (Phi) is 4.18. The maximum atomic E-state index is 11.9. The van der Waals surface area contributed by atoms with Crippen molar-refractivity contribution in [3.8, 4) is 11.8 Å². The highest BCUT2D eigenvalue weighted by Crippen LogP contribution is 2.23. The summed E-state index contributed by atoms with van der Waals surface area (Å²) >= 11 is 1.79. The van der Waals surface area contributed by atoms with Crippen molar-refractivity contribution < 1.29 is 4.79 Å². The van der Waals surface area contributed by atoms with Gasteiger partial charge in [-0.15, -0.1) is 17.3 Å². The van der Waals surface area contributed by atoms with Crippen LogP contribution in [0, 0.1) is 11.8 Å². The molecular formula is C13H16N2OS. The summed E-state index contributed by atoms with van der Waals surface area (Å²) in [5, 5.41) is 5.14. The third kappa shape index (κ3) is 3.09. The minimum atomic E-state index is 0.166. The van der Waals surface area contributed by atoms with Crippen LogP contribution in [0.25, 0.3) is 0 Å². The van der Waals surface area contributed by atoms with Crippen molar-refractivity contribution in [1.29, 1.82) is 0 Å². The minimum Gasteiger partial charge on any atom is -0.337 e. The van der Waals surface area contributed by atoms with Crippen LogP contribution in [0.4, 0.5) is 0 Å². The summed E-state index contributed by atoms with van der Waals surface area (Å²) in [4.78, 5) is 15.3. The Labute approximate surface area is 106 Å². The Morgan fingerprint density at radius 2 is 2.53 bits per heavy atom. The second-order valence-electron chi connectivity index (χ2n) is 3.96. The summed E-state index contributed by atoms with van der Waals surface area (Å²) < 4.78 is 0. The molecule has 90 valence electrons. The normalized spacial score (nSPS) is 13.8. The molecule has 0 saturated carbocycles. The lowest BCUT2D eigenvalue weighted by Gasteiger charge is -2.27. The van der Waals surface area contributed by atoms with Crippen molar-refractivity contribution in [3.63, 3.8) is 0 Å². The van der Waals surface area contributed by atoms with Crippen molar-refractivity contribution in [1.82, 2.24) is 10.2 Å². The van der Waals surface area contributed by atoms with Gasteiger partial charge in [-0.3, -0.25) is 10.1 Å². The van der Waals surface area contributed by atoms with E-state index in [0.29, 0.717) is 13.1 Å². The van der Waals surface area contributed by atoms with Gasteiger partial charge in [-0.05, 0) is 30.4 Å². The van der Waals surface area contributed by atoms with Crippen molar-refractivity contribution in [2.45, 2.75) is 19.9 Å². The van der Waals surface area contributed by atoms with E-state index in [2.05, 4.69) is 28.6 Å². The topological polar surface area (TPSA) is 32.3 Å². The third-order valence-electron chi connectivity index (χ3n) is 2.83. The number of nitrogens with one attached hydrogen (secondary N) is 1. The molecule has 1 aliphatic heterocycles. The van der Waals surface area contributed by atoms with E-state index >= 15 is 0 Å². The highest BCUT2D eigenvalue weighted by atomic mass is 32.1. The van der Waals surface area contributed by atoms with Crippen LogP contribution >= 0.6 is 11.3 Å². The fourth-order valence-corrected chi connectivity index (χ4v) is 2.78. The van der Waals surface area contributed by atoms with Crippen molar-refractivity contribution in [3.05, 3.63) is 21.9 Å². The molecule has 0 saturated heterocycles. The van der Waals surface area contributed by atoms with Gasteiger partial charge in [0.15, 0.2) is 0 Å². The average Bonchev–Trinajstić information content (AvgIpc) is 2.81. The standard InChI is InChI=1S/C13H16N2OS/c1-2-3-6-14-9-13(16)15-7-4-12-11(10-15)5-8-17-12/h5,8,14H,4,6-7,9-10H2,1H3. The monoisotopic (exact) mass is 248 g/mol. The molecule has 0 radical (unpaired) electrons. The van der Waals surface area contributed by atoms with Crippen LogP contribution in [0.2, 0.25) is 0 Å². The largest absolute Gasteiger partial charge is 0.337 e. The zero-order chi connectivity index (χ0) is 12.1. The van der Waals surface area contributed by atoms with Gasteiger partial charge < -0.3 is 4.90 Å². The molecule has 1 aliphatic rings. The molecule has 2 rings (SSSR count). The molecule has 0 atom stereocenters. The Morgan fingerprint density at radius 1 is 1.65 bits per heavy atom. The number of thiophene rings is 1. The number of hydrogen-bond donors (Lipinski definition) is 1. The molecule has 0 fully saturated rings. The SMILES string of the molecule is CC#CCNCC(=O)N1CCc2sccc2C1. The molecule has 0 spiro atoms. The number of fused-ring (bicyclic) bond motifs is 1. The quantitative estimate of drug-likeness (QED) is 0.645. The average molecular weight is 248 g/mol. The van der Waals surface area contributed by atoms with Gasteiger partial charge in [0.1, 0.15) is 0 Å². The molecule has 4 heteroatoms. The first-order valence-electron chi connectivity index (χ1n) is 5.74. The molecule has 1 aromatic rings. The Bertz CT molecular complexity index is 455. The van der Waals surface area contributed by atoms with Gasteiger partial charge in [-0.2, -0.15) is 0 Å². The van der Waals surface area contributed by atoms with Gasteiger partial charge in [-0.25, -0.2) is 0 Å². The summed E-state index contributed by atoms with van der Waals surface area (Å²) in [6, 6.07) is 2.12. The zero-order valence-electron chi connectivity index (χ0n) is 9.95. The predicted octanol–water partition coefficient (Wildman–Crippen LogP) is 1.25. The lowest BCUT2D eigenvalue weighted by molar-refractivity contribution is -0.131. The van der Waals surface area contributed by atoms with E-state index in [1.165, 1.54) is 10.4 Å². The van der Waals surface area contributed by atoms with E-state index < -0.39 is 0 Å². The Balaban J connectivity index is 1.83. The van der Waals surface area contributed by atoms with E-state index in [0.717, 1.165) is 19.5 Å². The number of carbonyl (C=O) groups excluding carboxylic acids is 1. The van der Waals surface area contributed by atoms with E-state index in [4.69, 9.17) is 0 Å². The van der Waals surface area contributed by atoms with Crippen molar-refractivity contribution in [2.75, 3.05) is 19.6 Å². The van der Waals surface area contributed by atoms with Crippen molar-refractivity contribution in [2.24, 2.45) is 0 Å². The van der Waals surface area contributed by atoms with Crippen LogP contribution in [0.5, 0.6) is 0 Å². The molecule has 2 heterocycles. The second-order valence-corrected chi connectivity index (χ2v) is 4.97. The maximum Gasteiger partial charge on any atom is 0.236 e. The van der Waals surface area contributed by atoms with Crippen LogP contribution in [-0.4, -0.2) is 30.4 Å². The molecule has 0 bridgehead atoms. The van der Waals surface area contributed by atoms with Gasteiger partial charge >= 0.3 is 0 Å². The fourth-order valence-electron chi connectivity index (χ4n) is 1.89. The molecule has 1 amide bonds. The van der Waals surface area contributed by atoms with E-state index in [-0.39, 0.29) is 5.91 Å². The van der Waals surface area contributed by atoms with Gasteiger partial charge in [0, 0.05) is 18.0 Å². The Hall–Kier alpha value is -1.31. The minimum absolute atomic E-state index is 0.166. The number of hydrogen-bond acceptors (Lipinski definition) is 3. The van der Waals surface area contributed by atoms with Crippen LogP contribution in [0.3, 0.4) is 0 Å². The zero-order valence-corrected chi connectivity index (χ0v) is 10.8. The van der Waals surface area contributed by atoms with Crippen LogP contribution in [-0.2, 0) is 17.8 Å². The van der Waals surface area contributed by atoms with Gasteiger partial charge in [0.2, 0.25) is 5.91 Å². The van der Waals surface area contributed by atoms with E-state index in [1.807, 2.05) is 4.90 Å². The molecular weight excluding hydrogens is 232 g/mol. The van der Waals surface area contributed by atoms with Crippen LogP contribution in [0.1, 0.15) is 17.4 Å². The lowest BCUT2D eigenvalue weighted by Crippen LogP contribution is -2.40. The number of rotatable bonds is 3. The smallest absolute Gasteiger partial charge is 0.236 e. The van der Waals surface area contributed by atoms with Crippen molar-refractivity contribution >= 4 is 17.2 Å². The molecule has 0 aliphatic carbocycles. The summed E-state index contributed by atoms with van der Waals surface area (Å²) in [6.07, 6.45) is 0.994. The molecule has 0 unspecified atom stereocenters. The number of amides is 1. The molecule has 17 heavy (non-hydrogen) atoms. The number of nitrogens with zero attached hydrogens (tertiary/aromatic N) is 1. The van der Waals surface area contributed by atoms with Crippen LogP contribution in [0.15, 0.2) is 11.4 Å². The Morgan fingerprint density at radius 3 is 3.35 bits per heavy atom. The first kappa shape index (κ1) is 12.2. The molecule has 3 nitrogen and oxygen atoms in total. The first-order valence-corrected chi connectivity index (χ1v) is 6.62. The van der Waals surface area contributed by atoms with Gasteiger partial charge in [-0.1, -0.05) is 5.92 Å². The fraction of sp³-hybridized carbons (Fsp3) is 0.462. The number of carbonyl (C=O) groups is 1. The molecule has 1 aromatic heterocycles. The van der Waals surface area contributed by atoms with Gasteiger partial charge in [0.25, 0.3) is 0 Å². The maximum absolute atomic E-state index is 11.9. The first-order chi connectivity index (χ1) is 8.31. The van der Waals surface area contributed by atoms with E-state index in [1.54, 1.807) is 18.3 Å². The summed E-state index contributed by atoms with van der Waals surface area (Å²) in [5.74, 6) is 5.85. The lowest BCUT2D eigenvalue weighted by atomic mass is 10.1. The molecule has 1 N–H and O–H groups in total.